The summed E-state index contributed by atoms with van der Waals surface area (Å²) in [5, 5.41) is 3.68. The molecule has 1 saturated carbocycles. The van der Waals surface area contributed by atoms with Gasteiger partial charge in [-0.3, -0.25) is 0 Å². The van der Waals surface area contributed by atoms with Gasteiger partial charge >= 0.3 is 0 Å². The Hall–Kier alpha value is -1.02. The van der Waals surface area contributed by atoms with Crippen LogP contribution in [0.3, 0.4) is 0 Å². The van der Waals surface area contributed by atoms with Crippen LogP contribution in [0.4, 0.5) is 0 Å². The van der Waals surface area contributed by atoms with Gasteiger partial charge in [0.15, 0.2) is 0 Å². The molecule has 2 nitrogen and oxygen atoms in total. The fraction of sp³-hybridized carbons (Fsp3) is 0.684. The molecule has 118 valence electrons. The Balaban J connectivity index is 2.08. The highest BCUT2D eigenvalue weighted by molar-refractivity contribution is 5.35. The van der Waals surface area contributed by atoms with E-state index in [-0.39, 0.29) is 0 Å². The van der Waals surface area contributed by atoms with Crippen LogP contribution in [-0.4, -0.2) is 20.2 Å². The van der Waals surface area contributed by atoms with Crippen molar-refractivity contribution in [2.24, 2.45) is 17.8 Å². The van der Waals surface area contributed by atoms with Crippen LogP contribution < -0.4 is 10.1 Å². The van der Waals surface area contributed by atoms with Gasteiger partial charge in [-0.2, -0.15) is 0 Å². The summed E-state index contributed by atoms with van der Waals surface area (Å²) >= 11 is 0. The molecule has 1 fully saturated rings. The van der Waals surface area contributed by atoms with Crippen LogP contribution in [0.15, 0.2) is 24.3 Å². The fourth-order valence-corrected chi connectivity index (χ4v) is 3.44. The zero-order chi connectivity index (χ0) is 15.5. The van der Waals surface area contributed by atoms with E-state index in [9.17, 15) is 0 Å². The maximum absolute atomic E-state index is 5.29. The van der Waals surface area contributed by atoms with Crippen LogP contribution in [0.25, 0.3) is 0 Å². The smallest absolute Gasteiger partial charge is 0.118 e. The van der Waals surface area contributed by atoms with Gasteiger partial charge in [-0.1, -0.05) is 39.8 Å². The van der Waals surface area contributed by atoms with E-state index < -0.39 is 0 Å². The maximum Gasteiger partial charge on any atom is 0.118 e. The van der Waals surface area contributed by atoms with Gasteiger partial charge in [-0.05, 0) is 54.8 Å². The van der Waals surface area contributed by atoms with Crippen molar-refractivity contribution < 1.29 is 4.74 Å². The number of hydrogen-bond donors (Lipinski definition) is 1. The maximum atomic E-state index is 5.29. The first-order valence-electron chi connectivity index (χ1n) is 8.32. The summed E-state index contributed by atoms with van der Waals surface area (Å²) in [7, 11) is 1.73. The minimum Gasteiger partial charge on any atom is -0.497 e. The molecule has 2 rings (SSSR count). The predicted molar refractivity (Wildman–Crippen MR) is 89.9 cm³/mol. The molecule has 0 radical (unpaired) electrons. The van der Waals surface area contributed by atoms with Crippen LogP contribution >= 0.6 is 0 Å². The highest BCUT2D eigenvalue weighted by Crippen LogP contribution is 2.50. The third-order valence-electron chi connectivity index (χ3n) is 4.97. The van der Waals surface area contributed by atoms with Crippen LogP contribution in [0.5, 0.6) is 5.75 Å². The van der Waals surface area contributed by atoms with Crippen molar-refractivity contribution in [2.75, 3.05) is 20.2 Å². The summed E-state index contributed by atoms with van der Waals surface area (Å²) in [6.07, 6.45) is 2.62. The summed E-state index contributed by atoms with van der Waals surface area (Å²) in [5.74, 6) is 3.32. The van der Waals surface area contributed by atoms with E-state index in [0.717, 1.165) is 30.7 Å². The van der Waals surface area contributed by atoms with E-state index >= 15 is 0 Å². The topological polar surface area (TPSA) is 21.3 Å². The lowest BCUT2D eigenvalue weighted by molar-refractivity contribution is 0.0970. The third kappa shape index (κ3) is 3.79. The van der Waals surface area contributed by atoms with Crippen molar-refractivity contribution in [3.05, 3.63) is 29.8 Å². The van der Waals surface area contributed by atoms with Crippen LogP contribution in [0.1, 0.15) is 46.1 Å². The highest BCUT2D eigenvalue weighted by Gasteiger charge is 2.45. The molecule has 1 aliphatic carbocycles. The fourth-order valence-electron chi connectivity index (χ4n) is 3.44. The van der Waals surface area contributed by atoms with Crippen molar-refractivity contribution in [2.45, 2.75) is 46.0 Å². The summed E-state index contributed by atoms with van der Waals surface area (Å²) in [6, 6.07) is 8.71. The molecule has 0 atom stereocenters. The van der Waals surface area contributed by atoms with E-state index in [0.29, 0.717) is 11.3 Å². The van der Waals surface area contributed by atoms with Gasteiger partial charge in [0.2, 0.25) is 0 Å². The standard InChI is InChI=1S/C19H31NO/c1-14(2)12-20-13-19(10-16(11-19)15(3)4)17-6-8-18(21-5)9-7-17/h6-9,14-16,20H,10-13H2,1-5H3. The Kier molecular flexibility index (Phi) is 5.32. The number of nitrogens with one attached hydrogen (secondary N) is 1. The molecule has 0 bridgehead atoms. The predicted octanol–water partition coefficient (Wildman–Crippen LogP) is 4.24. The number of hydrogen-bond acceptors (Lipinski definition) is 2. The largest absolute Gasteiger partial charge is 0.497 e. The van der Waals surface area contributed by atoms with Crippen molar-refractivity contribution in [1.29, 1.82) is 0 Å². The normalized spacial score (nSPS) is 25.2. The lowest BCUT2D eigenvalue weighted by Gasteiger charge is -2.50. The van der Waals surface area contributed by atoms with Crippen molar-refractivity contribution in [3.63, 3.8) is 0 Å². The minimum absolute atomic E-state index is 0.329. The molecule has 0 saturated heterocycles. The van der Waals surface area contributed by atoms with Crippen LogP contribution in [-0.2, 0) is 5.41 Å². The molecule has 0 aromatic heterocycles. The zero-order valence-corrected chi connectivity index (χ0v) is 14.3. The van der Waals surface area contributed by atoms with Gasteiger partial charge in [0.1, 0.15) is 5.75 Å². The molecule has 1 aromatic carbocycles. The lowest BCUT2D eigenvalue weighted by Crippen LogP contribution is -2.50. The average Bonchev–Trinajstić information content (AvgIpc) is 2.41. The highest BCUT2D eigenvalue weighted by atomic mass is 16.5. The second-order valence-electron chi connectivity index (χ2n) is 7.45. The molecule has 0 unspecified atom stereocenters. The summed E-state index contributed by atoms with van der Waals surface area (Å²) in [6.45, 7) is 11.4. The van der Waals surface area contributed by atoms with Gasteiger partial charge in [-0.15, -0.1) is 0 Å². The average molecular weight is 289 g/mol. The van der Waals surface area contributed by atoms with Crippen molar-refractivity contribution in [1.82, 2.24) is 5.32 Å². The molecular weight excluding hydrogens is 258 g/mol. The van der Waals surface area contributed by atoms with Crippen LogP contribution in [0.2, 0.25) is 0 Å². The van der Waals surface area contributed by atoms with Crippen molar-refractivity contribution >= 4 is 0 Å². The van der Waals surface area contributed by atoms with E-state index in [1.54, 1.807) is 7.11 Å². The second kappa shape index (κ2) is 6.83. The van der Waals surface area contributed by atoms with Gasteiger partial charge in [0.05, 0.1) is 7.11 Å². The van der Waals surface area contributed by atoms with Gasteiger partial charge < -0.3 is 10.1 Å². The SMILES string of the molecule is COc1ccc(C2(CNCC(C)C)CC(C(C)C)C2)cc1. The molecule has 0 heterocycles. The molecule has 0 spiro atoms. The van der Waals surface area contributed by atoms with E-state index in [1.807, 2.05) is 0 Å². The minimum atomic E-state index is 0.329. The molecule has 21 heavy (non-hydrogen) atoms. The Morgan fingerprint density at radius 3 is 2.24 bits per heavy atom. The first kappa shape index (κ1) is 16.4. The second-order valence-corrected chi connectivity index (χ2v) is 7.45. The number of ether oxygens (including phenoxy) is 1. The summed E-state index contributed by atoms with van der Waals surface area (Å²) in [4.78, 5) is 0. The zero-order valence-electron chi connectivity index (χ0n) is 14.3. The monoisotopic (exact) mass is 289 g/mol. The van der Waals surface area contributed by atoms with Gasteiger partial charge in [0.25, 0.3) is 0 Å². The Morgan fingerprint density at radius 1 is 1.14 bits per heavy atom. The lowest BCUT2D eigenvalue weighted by atomic mass is 9.56. The number of rotatable bonds is 7. The molecule has 1 aliphatic rings. The first-order chi connectivity index (χ1) is 9.97. The number of methoxy groups -OCH3 is 1. The molecule has 1 aromatic rings. The Labute approximate surface area is 130 Å². The Bertz CT molecular complexity index is 429. The first-order valence-corrected chi connectivity index (χ1v) is 8.32. The van der Waals surface area contributed by atoms with E-state index in [1.165, 1.54) is 18.4 Å². The quantitative estimate of drug-likeness (QED) is 0.810. The molecular formula is C19H31NO. The molecule has 1 N–H and O–H groups in total. The number of benzene rings is 1. The van der Waals surface area contributed by atoms with E-state index in [2.05, 4.69) is 57.3 Å². The molecule has 2 heteroatoms. The third-order valence-corrected chi connectivity index (χ3v) is 4.97. The van der Waals surface area contributed by atoms with E-state index in [4.69, 9.17) is 4.74 Å². The molecule has 0 amide bonds. The summed E-state index contributed by atoms with van der Waals surface area (Å²) < 4.78 is 5.29. The Morgan fingerprint density at radius 2 is 1.76 bits per heavy atom. The van der Waals surface area contributed by atoms with Crippen molar-refractivity contribution in [3.8, 4) is 5.75 Å². The van der Waals surface area contributed by atoms with Crippen LogP contribution in [0, 0.1) is 17.8 Å². The molecule has 0 aliphatic heterocycles. The van der Waals surface area contributed by atoms with Gasteiger partial charge in [0, 0.05) is 12.0 Å². The van der Waals surface area contributed by atoms with Gasteiger partial charge in [-0.25, -0.2) is 0 Å². The summed E-state index contributed by atoms with van der Waals surface area (Å²) in [5.41, 5.74) is 1.80.